The van der Waals surface area contributed by atoms with Crippen LogP contribution in [0.25, 0.3) is 0 Å². The summed E-state index contributed by atoms with van der Waals surface area (Å²) >= 11 is 0. The normalized spacial score (nSPS) is 20.6. The second-order valence-electron chi connectivity index (χ2n) is 7.36. The molecule has 0 spiro atoms. The first kappa shape index (κ1) is 24.0. The maximum Gasteiger partial charge on any atom is 0.452 e. The maximum atomic E-state index is 13.1. The second-order valence-corrected chi connectivity index (χ2v) is 7.36. The van der Waals surface area contributed by atoms with Gasteiger partial charge in [0.2, 0.25) is 11.8 Å². The van der Waals surface area contributed by atoms with E-state index in [-0.39, 0.29) is 13.0 Å². The number of halogens is 3. The van der Waals surface area contributed by atoms with Gasteiger partial charge < -0.3 is 16.4 Å². The number of likely N-dealkylation sites (tertiary alicyclic amines) is 1. The summed E-state index contributed by atoms with van der Waals surface area (Å²) in [6, 6.07) is -5.49. The Hall–Kier alpha value is -2.01. The van der Waals surface area contributed by atoms with E-state index in [2.05, 4.69) is 0 Å². The van der Waals surface area contributed by atoms with E-state index in [0.717, 1.165) is 4.90 Å². The number of hydrogen-bond donors (Lipinski definition) is 2. The first-order chi connectivity index (χ1) is 12.7. The number of hydrogen-bond acceptors (Lipinski definition) is 6. The third kappa shape index (κ3) is 5.07. The van der Waals surface area contributed by atoms with E-state index in [0.29, 0.717) is 11.3 Å². The molecule has 1 saturated heterocycles. The Morgan fingerprint density at radius 3 is 1.96 bits per heavy atom. The van der Waals surface area contributed by atoms with Crippen molar-refractivity contribution in [3.8, 4) is 0 Å². The Morgan fingerprint density at radius 1 is 1.04 bits per heavy atom. The molecule has 1 aliphatic heterocycles. The largest absolute Gasteiger partial charge is 0.452 e. The molecule has 1 aliphatic rings. The molecule has 0 aliphatic carbocycles. The third-order valence-corrected chi connectivity index (χ3v) is 4.53. The zero-order valence-corrected chi connectivity index (χ0v) is 16.3. The lowest BCUT2D eigenvalue weighted by Crippen LogP contribution is -2.62. The molecule has 8 nitrogen and oxygen atoms in total. The van der Waals surface area contributed by atoms with Gasteiger partial charge in [-0.3, -0.25) is 24.1 Å². The Bertz CT molecular complexity index is 634. The predicted octanol–water partition coefficient (Wildman–Crippen LogP) is 0.183. The van der Waals surface area contributed by atoms with E-state index in [9.17, 15) is 32.3 Å². The van der Waals surface area contributed by atoms with E-state index in [1.807, 2.05) is 0 Å². The monoisotopic (exact) mass is 408 g/mol. The number of alkyl halides is 3. The zero-order chi connectivity index (χ0) is 22.0. The van der Waals surface area contributed by atoms with Crippen LogP contribution in [0, 0.1) is 5.92 Å². The van der Waals surface area contributed by atoms with Gasteiger partial charge in [0, 0.05) is 6.54 Å². The smallest absolute Gasteiger partial charge is 0.329 e. The number of rotatable bonds is 6. The molecule has 1 rings (SSSR count). The summed E-state index contributed by atoms with van der Waals surface area (Å²) in [6.07, 6.45) is -4.69. The van der Waals surface area contributed by atoms with Crippen LogP contribution < -0.4 is 11.5 Å². The van der Waals surface area contributed by atoms with E-state index in [1.54, 1.807) is 0 Å². The van der Waals surface area contributed by atoms with Crippen LogP contribution in [-0.4, -0.2) is 70.2 Å². The topological polar surface area (TPSA) is 127 Å². The molecule has 1 heterocycles. The van der Waals surface area contributed by atoms with Crippen LogP contribution >= 0.6 is 0 Å². The number of Topliss-reactive ketones (excluding diaryl/α,β-unsaturated/α-hetero) is 1. The highest BCUT2D eigenvalue weighted by atomic mass is 19.4. The minimum Gasteiger partial charge on any atom is -0.329 e. The van der Waals surface area contributed by atoms with Gasteiger partial charge in [0.1, 0.15) is 12.1 Å². The number of imide groups is 1. The van der Waals surface area contributed by atoms with E-state index in [4.69, 9.17) is 11.5 Å². The van der Waals surface area contributed by atoms with Gasteiger partial charge in [0.25, 0.3) is 11.7 Å². The SMILES string of the molecule is CC(N)C(=O)N1CCCC1C(=O)N(C(=O)C(C)N)C(C(=O)C(F)(F)F)C(C)C. The Morgan fingerprint density at radius 2 is 1.57 bits per heavy atom. The van der Waals surface area contributed by atoms with E-state index < -0.39 is 59.8 Å². The van der Waals surface area contributed by atoms with Gasteiger partial charge in [-0.2, -0.15) is 13.2 Å². The number of carbonyl (C=O) groups is 4. The summed E-state index contributed by atoms with van der Waals surface area (Å²) in [5, 5.41) is 0. The van der Waals surface area contributed by atoms with Crippen molar-refractivity contribution in [2.24, 2.45) is 17.4 Å². The van der Waals surface area contributed by atoms with E-state index >= 15 is 0 Å². The zero-order valence-electron chi connectivity index (χ0n) is 16.3. The van der Waals surface area contributed by atoms with Crippen molar-refractivity contribution in [3.63, 3.8) is 0 Å². The lowest BCUT2D eigenvalue weighted by molar-refractivity contribution is -0.182. The van der Waals surface area contributed by atoms with Crippen molar-refractivity contribution in [1.29, 1.82) is 0 Å². The van der Waals surface area contributed by atoms with Crippen molar-refractivity contribution < 1.29 is 32.3 Å². The summed E-state index contributed by atoms with van der Waals surface area (Å²) in [4.78, 5) is 51.4. The predicted molar refractivity (Wildman–Crippen MR) is 93.6 cm³/mol. The summed E-state index contributed by atoms with van der Waals surface area (Å²) in [7, 11) is 0. The van der Waals surface area contributed by atoms with Crippen LogP contribution in [0.15, 0.2) is 0 Å². The van der Waals surface area contributed by atoms with Crippen LogP contribution in [0.2, 0.25) is 0 Å². The molecule has 4 atom stereocenters. The van der Waals surface area contributed by atoms with Crippen LogP contribution in [0.5, 0.6) is 0 Å². The van der Waals surface area contributed by atoms with Gasteiger partial charge in [0.15, 0.2) is 0 Å². The molecule has 0 aromatic heterocycles. The van der Waals surface area contributed by atoms with Crippen LogP contribution in [0.1, 0.15) is 40.5 Å². The van der Waals surface area contributed by atoms with Gasteiger partial charge >= 0.3 is 6.18 Å². The summed E-state index contributed by atoms with van der Waals surface area (Å²) in [6.45, 7) is 5.39. The van der Waals surface area contributed by atoms with Gasteiger partial charge in [-0.15, -0.1) is 0 Å². The average Bonchev–Trinajstić information content (AvgIpc) is 3.05. The maximum absolute atomic E-state index is 13.1. The molecular weight excluding hydrogens is 381 g/mol. The minimum atomic E-state index is -5.25. The van der Waals surface area contributed by atoms with Crippen molar-refractivity contribution in [2.45, 2.75) is 70.9 Å². The lowest BCUT2D eigenvalue weighted by atomic mass is 9.95. The number of carbonyl (C=O) groups excluding carboxylic acids is 4. The van der Waals surface area contributed by atoms with Crippen LogP contribution in [0.3, 0.4) is 0 Å². The number of nitrogens with zero attached hydrogens (tertiary/aromatic N) is 2. The summed E-state index contributed by atoms with van der Waals surface area (Å²) in [5.41, 5.74) is 11.1. The number of amides is 3. The molecular formula is C17H27F3N4O4. The van der Waals surface area contributed by atoms with Crippen LogP contribution in [0.4, 0.5) is 13.2 Å². The minimum absolute atomic E-state index is 0.144. The molecule has 0 bridgehead atoms. The fourth-order valence-electron chi connectivity index (χ4n) is 3.20. The molecule has 160 valence electrons. The van der Waals surface area contributed by atoms with Crippen molar-refractivity contribution >= 4 is 23.5 Å². The molecule has 0 radical (unpaired) electrons. The first-order valence-corrected chi connectivity index (χ1v) is 9.01. The molecule has 28 heavy (non-hydrogen) atoms. The van der Waals surface area contributed by atoms with Crippen molar-refractivity contribution in [1.82, 2.24) is 9.80 Å². The van der Waals surface area contributed by atoms with Gasteiger partial charge in [-0.05, 0) is 32.6 Å². The summed E-state index contributed by atoms with van der Waals surface area (Å²) < 4.78 is 39.4. The molecule has 0 aromatic rings. The number of nitrogens with two attached hydrogens (primary N) is 2. The first-order valence-electron chi connectivity index (χ1n) is 9.01. The highest BCUT2D eigenvalue weighted by Crippen LogP contribution is 2.28. The fourth-order valence-corrected chi connectivity index (χ4v) is 3.20. The summed E-state index contributed by atoms with van der Waals surface area (Å²) in [5.74, 6) is -5.95. The molecule has 4 N–H and O–H groups in total. The van der Waals surface area contributed by atoms with Gasteiger partial charge in [-0.1, -0.05) is 13.8 Å². The van der Waals surface area contributed by atoms with Gasteiger partial charge in [0.05, 0.1) is 12.1 Å². The molecule has 0 saturated carbocycles. The Labute approximate surface area is 161 Å². The standard InChI is InChI=1S/C17H27F3N4O4/c1-8(2)12(13(25)17(18,19)20)24(15(27)10(4)22)16(28)11-6-5-7-23(11)14(26)9(3)21/h8-12H,5-7,21-22H2,1-4H3. The molecule has 1 fully saturated rings. The van der Waals surface area contributed by atoms with Crippen molar-refractivity contribution in [3.05, 3.63) is 0 Å². The molecule has 0 aromatic carbocycles. The Kier molecular flexibility index (Phi) is 7.72. The van der Waals surface area contributed by atoms with E-state index in [1.165, 1.54) is 27.7 Å². The highest BCUT2D eigenvalue weighted by molar-refractivity contribution is 6.06. The highest BCUT2D eigenvalue weighted by Gasteiger charge is 2.51. The average molecular weight is 408 g/mol. The van der Waals surface area contributed by atoms with Gasteiger partial charge in [-0.25, -0.2) is 0 Å². The third-order valence-electron chi connectivity index (χ3n) is 4.53. The molecule has 3 amide bonds. The molecule has 4 unspecified atom stereocenters. The Balaban J connectivity index is 3.40. The second kappa shape index (κ2) is 8.99. The van der Waals surface area contributed by atoms with Crippen LogP contribution in [-0.2, 0) is 19.2 Å². The quantitative estimate of drug-likeness (QED) is 0.646. The van der Waals surface area contributed by atoms with Crippen molar-refractivity contribution in [2.75, 3.05) is 6.54 Å². The fraction of sp³-hybridized carbons (Fsp3) is 0.765. The number of ketones is 1. The molecule has 11 heteroatoms. The lowest BCUT2D eigenvalue weighted by Gasteiger charge is -2.36.